The summed E-state index contributed by atoms with van der Waals surface area (Å²) < 4.78 is 0. The Balaban J connectivity index is 1.80. The maximum atomic E-state index is 8.95. The van der Waals surface area contributed by atoms with Crippen molar-refractivity contribution < 1.29 is 5.11 Å². The summed E-state index contributed by atoms with van der Waals surface area (Å²) in [5, 5.41) is 17.1. The van der Waals surface area contributed by atoms with E-state index in [2.05, 4.69) is 20.6 Å². The van der Waals surface area contributed by atoms with Gasteiger partial charge in [0.2, 0.25) is 5.95 Å². The molecule has 24 heavy (non-hydrogen) atoms. The van der Waals surface area contributed by atoms with Crippen LogP contribution in [0.4, 0.5) is 11.8 Å². The molecule has 6 heteroatoms. The predicted octanol–water partition coefficient (Wildman–Crippen LogP) is 3.69. The molecule has 0 fully saturated rings. The Kier molecular flexibility index (Phi) is 5.46. The van der Waals surface area contributed by atoms with Crippen molar-refractivity contribution >= 4 is 34.3 Å². The molecule has 0 aliphatic carbocycles. The first-order valence-electron chi connectivity index (χ1n) is 7.86. The van der Waals surface area contributed by atoms with Crippen molar-refractivity contribution in [1.29, 1.82) is 0 Å². The summed E-state index contributed by atoms with van der Waals surface area (Å²) in [5.41, 5.74) is 1.98. The largest absolute Gasteiger partial charge is 0.396 e. The number of rotatable bonds is 7. The standard InChI is InChI=1S/C18H19ClN4O/c19-14-8-6-13(7-9-14)12-21-18-22-16-5-2-1-4-15(16)17(23-18)20-10-3-11-24/h1-2,4-9,24H,3,10-12H2,(H2,20,21,22,23). The minimum atomic E-state index is 0.150. The van der Waals surface area contributed by atoms with Gasteiger partial charge in [0, 0.05) is 30.1 Å². The summed E-state index contributed by atoms with van der Waals surface area (Å²) in [4.78, 5) is 9.12. The quantitative estimate of drug-likeness (QED) is 0.571. The third-order valence-corrected chi connectivity index (χ3v) is 3.85. The molecular formula is C18H19ClN4O. The van der Waals surface area contributed by atoms with Gasteiger partial charge in [-0.2, -0.15) is 4.98 Å². The number of halogens is 1. The Morgan fingerprint density at radius 3 is 2.54 bits per heavy atom. The summed E-state index contributed by atoms with van der Waals surface area (Å²) in [6.45, 7) is 1.43. The number of aliphatic hydroxyl groups excluding tert-OH is 1. The van der Waals surface area contributed by atoms with Gasteiger partial charge in [-0.05, 0) is 36.2 Å². The number of nitrogens with zero attached hydrogens (tertiary/aromatic N) is 2. The maximum absolute atomic E-state index is 8.95. The van der Waals surface area contributed by atoms with Gasteiger partial charge in [0.15, 0.2) is 0 Å². The molecule has 0 bridgehead atoms. The summed E-state index contributed by atoms with van der Waals surface area (Å²) in [6, 6.07) is 15.5. The van der Waals surface area contributed by atoms with E-state index in [9.17, 15) is 0 Å². The Morgan fingerprint density at radius 2 is 1.75 bits per heavy atom. The second-order valence-corrected chi connectivity index (χ2v) is 5.83. The number of hydrogen-bond donors (Lipinski definition) is 3. The molecule has 0 aliphatic heterocycles. The zero-order chi connectivity index (χ0) is 16.8. The van der Waals surface area contributed by atoms with E-state index in [0.29, 0.717) is 25.5 Å². The van der Waals surface area contributed by atoms with E-state index >= 15 is 0 Å². The van der Waals surface area contributed by atoms with Gasteiger partial charge in [0.05, 0.1) is 5.52 Å². The molecule has 0 saturated heterocycles. The molecule has 3 rings (SSSR count). The first kappa shape index (κ1) is 16.5. The van der Waals surface area contributed by atoms with E-state index in [4.69, 9.17) is 16.7 Å². The molecule has 3 aromatic rings. The molecule has 3 N–H and O–H groups in total. The van der Waals surface area contributed by atoms with Crippen molar-refractivity contribution in [3.05, 3.63) is 59.1 Å². The van der Waals surface area contributed by atoms with Gasteiger partial charge in [-0.25, -0.2) is 4.98 Å². The van der Waals surface area contributed by atoms with Crippen LogP contribution in [0.2, 0.25) is 5.02 Å². The van der Waals surface area contributed by atoms with Crippen molar-refractivity contribution in [2.75, 3.05) is 23.8 Å². The number of anilines is 2. The van der Waals surface area contributed by atoms with E-state index in [1.54, 1.807) is 0 Å². The Labute approximate surface area is 145 Å². The first-order chi connectivity index (χ1) is 11.8. The van der Waals surface area contributed by atoms with Crippen LogP contribution in [0.5, 0.6) is 0 Å². The fourth-order valence-electron chi connectivity index (χ4n) is 2.36. The molecule has 0 amide bonds. The average molecular weight is 343 g/mol. The van der Waals surface area contributed by atoms with Crippen LogP contribution in [0.1, 0.15) is 12.0 Å². The van der Waals surface area contributed by atoms with Crippen LogP contribution in [0.25, 0.3) is 10.9 Å². The van der Waals surface area contributed by atoms with Gasteiger partial charge in [0.25, 0.3) is 0 Å². The van der Waals surface area contributed by atoms with Gasteiger partial charge in [0.1, 0.15) is 5.82 Å². The van der Waals surface area contributed by atoms with Crippen LogP contribution < -0.4 is 10.6 Å². The highest BCUT2D eigenvalue weighted by atomic mass is 35.5. The van der Waals surface area contributed by atoms with Gasteiger partial charge < -0.3 is 15.7 Å². The predicted molar refractivity (Wildman–Crippen MR) is 98.5 cm³/mol. The van der Waals surface area contributed by atoms with Crippen molar-refractivity contribution in [2.45, 2.75) is 13.0 Å². The second kappa shape index (κ2) is 7.95. The maximum Gasteiger partial charge on any atom is 0.225 e. The fraction of sp³-hybridized carbons (Fsp3) is 0.222. The van der Waals surface area contributed by atoms with Gasteiger partial charge in [-0.3, -0.25) is 0 Å². The van der Waals surface area contributed by atoms with Crippen LogP contribution in [-0.2, 0) is 6.54 Å². The average Bonchev–Trinajstić information content (AvgIpc) is 2.61. The highest BCUT2D eigenvalue weighted by molar-refractivity contribution is 6.30. The second-order valence-electron chi connectivity index (χ2n) is 5.40. The lowest BCUT2D eigenvalue weighted by molar-refractivity contribution is 0.292. The number of benzene rings is 2. The SMILES string of the molecule is OCCCNc1nc(NCc2ccc(Cl)cc2)nc2ccccc12. The molecule has 0 aliphatic rings. The van der Waals surface area contributed by atoms with E-state index < -0.39 is 0 Å². The summed E-state index contributed by atoms with van der Waals surface area (Å²) in [6.07, 6.45) is 0.672. The normalized spacial score (nSPS) is 10.8. The summed E-state index contributed by atoms with van der Waals surface area (Å²) >= 11 is 5.90. The van der Waals surface area contributed by atoms with E-state index in [0.717, 1.165) is 27.3 Å². The van der Waals surface area contributed by atoms with Crippen LogP contribution in [-0.4, -0.2) is 28.2 Å². The highest BCUT2D eigenvalue weighted by Crippen LogP contribution is 2.22. The minimum Gasteiger partial charge on any atom is -0.396 e. The molecule has 2 aromatic carbocycles. The van der Waals surface area contributed by atoms with E-state index in [-0.39, 0.29) is 6.61 Å². The van der Waals surface area contributed by atoms with Gasteiger partial charge >= 0.3 is 0 Å². The van der Waals surface area contributed by atoms with E-state index in [1.165, 1.54) is 0 Å². The molecule has 124 valence electrons. The van der Waals surface area contributed by atoms with E-state index in [1.807, 2.05) is 48.5 Å². The van der Waals surface area contributed by atoms with Gasteiger partial charge in [-0.1, -0.05) is 35.9 Å². The Morgan fingerprint density at radius 1 is 0.958 bits per heavy atom. The smallest absolute Gasteiger partial charge is 0.225 e. The van der Waals surface area contributed by atoms with Crippen molar-refractivity contribution in [3.8, 4) is 0 Å². The topological polar surface area (TPSA) is 70.1 Å². The number of aliphatic hydroxyl groups is 1. The molecule has 0 radical (unpaired) electrons. The van der Waals surface area contributed by atoms with Crippen molar-refractivity contribution in [1.82, 2.24) is 9.97 Å². The summed E-state index contributed by atoms with van der Waals surface area (Å²) in [7, 11) is 0. The zero-order valence-corrected chi connectivity index (χ0v) is 13.9. The monoisotopic (exact) mass is 342 g/mol. The lowest BCUT2D eigenvalue weighted by Crippen LogP contribution is -2.09. The van der Waals surface area contributed by atoms with Crippen molar-refractivity contribution in [2.24, 2.45) is 0 Å². The Bertz CT molecular complexity index is 808. The molecule has 0 spiro atoms. The molecule has 0 saturated carbocycles. The third-order valence-electron chi connectivity index (χ3n) is 3.59. The van der Waals surface area contributed by atoms with Crippen molar-refractivity contribution in [3.63, 3.8) is 0 Å². The number of nitrogens with one attached hydrogen (secondary N) is 2. The molecule has 5 nitrogen and oxygen atoms in total. The number of hydrogen-bond acceptors (Lipinski definition) is 5. The number of aromatic nitrogens is 2. The van der Waals surface area contributed by atoms with Gasteiger partial charge in [-0.15, -0.1) is 0 Å². The number of fused-ring (bicyclic) bond motifs is 1. The third kappa shape index (κ3) is 4.13. The summed E-state index contributed by atoms with van der Waals surface area (Å²) in [5.74, 6) is 1.34. The lowest BCUT2D eigenvalue weighted by atomic mass is 10.2. The number of para-hydroxylation sites is 1. The Hall–Kier alpha value is -2.37. The molecular weight excluding hydrogens is 324 g/mol. The molecule has 0 unspecified atom stereocenters. The van der Waals surface area contributed by atoms with Crippen LogP contribution in [0, 0.1) is 0 Å². The highest BCUT2D eigenvalue weighted by Gasteiger charge is 2.07. The molecule has 1 aromatic heterocycles. The zero-order valence-electron chi connectivity index (χ0n) is 13.2. The fourth-order valence-corrected chi connectivity index (χ4v) is 2.49. The van der Waals surface area contributed by atoms with Crippen LogP contribution in [0.15, 0.2) is 48.5 Å². The van der Waals surface area contributed by atoms with Crippen LogP contribution in [0.3, 0.4) is 0 Å². The van der Waals surface area contributed by atoms with Crippen LogP contribution >= 0.6 is 11.6 Å². The lowest BCUT2D eigenvalue weighted by Gasteiger charge is -2.11. The first-order valence-corrected chi connectivity index (χ1v) is 8.24. The minimum absolute atomic E-state index is 0.150. The molecule has 1 heterocycles. The molecule has 0 atom stereocenters.